The molecular weight excluding hydrogens is 330 g/mol. The highest BCUT2D eigenvalue weighted by Gasteiger charge is 2.41. The molecule has 0 spiro atoms. The van der Waals surface area contributed by atoms with Crippen molar-refractivity contribution in [1.29, 1.82) is 0 Å². The highest BCUT2D eigenvalue weighted by atomic mass is 16.2. The molecule has 2 aliphatic rings. The number of nitrogens with zero attached hydrogens (tertiary/aromatic N) is 1. The number of hydrogen-bond donors (Lipinski definition) is 2. The second kappa shape index (κ2) is 7.89. The minimum absolute atomic E-state index is 0.00495. The first-order valence-corrected chi connectivity index (χ1v) is 9.48. The van der Waals surface area contributed by atoms with Gasteiger partial charge in [0.2, 0.25) is 11.8 Å². The molecule has 0 atom stereocenters. The average molecular weight is 357 g/mol. The van der Waals surface area contributed by atoms with Gasteiger partial charge in [-0.3, -0.25) is 14.4 Å². The molecule has 1 aliphatic carbocycles. The maximum Gasteiger partial charge on any atom is 0.253 e. The number of carbonyl (C=O) groups excluding carboxylic acids is 3. The number of hydrogen-bond acceptors (Lipinski definition) is 3. The number of carbonyl (C=O) groups is 3. The van der Waals surface area contributed by atoms with E-state index < -0.39 is 11.4 Å². The molecule has 26 heavy (non-hydrogen) atoms. The van der Waals surface area contributed by atoms with E-state index in [-0.39, 0.29) is 17.7 Å². The van der Waals surface area contributed by atoms with Crippen LogP contribution in [0.15, 0.2) is 30.3 Å². The fraction of sp³-hybridized carbons (Fsp3) is 0.550. The van der Waals surface area contributed by atoms with Crippen LogP contribution in [0.2, 0.25) is 0 Å². The second-order valence-electron chi connectivity index (χ2n) is 7.43. The first-order valence-electron chi connectivity index (χ1n) is 9.48. The molecule has 3 N–H and O–H groups in total. The number of piperidine rings is 1. The molecule has 3 amide bonds. The van der Waals surface area contributed by atoms with E-state index in [9.17, 15) is 14.4 Å². The smallest absolute Gasteiger partial charge is 0.253 e. The Hall–Kier alpha value is -2.37. The molecule has 1 saturated heterocycles. The number of likely N-dealkylation sites (tertiary alicyclic amines) is 1. The number of benzene rings is 1. The van der Waals surface area contributed by atoms with Crippen molar-refractivity contribution >= 4 is 17.7 Å². The Balaban J connectivity index is 1.56. The number of nitrogens with one attached hydrogen (secondary N) is 1. The third kappa shape index (κ3) is 3.89. The summed E-state index contributed by atoms with van der Waals surface area (Å²) in [7, 11) is 0. The molecule has 0 aromatic heterocycles. The third-order valence-corrected chi connectivity index (χ3v) is 5.71. The zero-order valence-electron chi connectivity index (χ0n) is 15.1. The Morgan fingerprint density at radius 1 is 1.00 bits per heavy atom. The molecule has 6 heteroatoms. The molecular formula is C20H27N3O3. The van der Waals surface area contributed by atoms with Crippen LogP contribution in [0.1, 0.15) is 55.3 Å². The van der Waals surface area contributed by atoms with Gasteiger partial charge in [-0.2, -0.15) is 0 Å². The van der Waals surface area contributed by atoms with Crippen molar-refractivity contribution in [2.24, 2.45) is 11.7 Å². The third-order valence-electron chi connectivity index (χ3n) is 5.71. The summed E-state index contributed by atoms with van der Waals surface area (Å²) in [5.41, 5.74) is 5.39. The van der Waals surface area contributed by atoms with Crippen LogP contribution in [-0.4, -0.2) is 41.2 Å². The van der Waals surface area contributed by atoms with E-state index in [0.717, 1.165) is 19.3 Å². The Morgan fingerprint density at radius 2 is 1.62 bits per heavy atom. The lowest BCUT2D eigenvalue weighted by molar-refractivity contribution is -0.135. The summed E-state index contributed by atoms with van der Waals surface area (Å²) in [6, 6.07) is 9.19. The van der Waals surface area contributed by atoms with E-state index in [2.05, 4.69) is 5.32 Å². The number of nitrogens with two attached hydrogens (primary N) is 1. The quantitative estimate of drug-likeness (QED) is 0.861. The van der Waals surface area contributed by atoms with E-state index in [1.165, 1.54) is 0 Å². The van der Waals surface area contributed by atoms with Crippen LogP contribution in [-0.2, 0) is 9.59 Å². The zero-order chi connectivity index (χ0) is 18.6. The topological polar surface area (TPSA) is 92.5 Å². The van der Waals surface area contributed by atoms with Gasteiger partial charge < -0.3 is 16.0 Å². The van der Waals surface area contributed by atoms with Crippen LogP contribution in [0.3, 0.4) is 0 Å². The molecule has 3 rings (SSSR count). The monoisotopic (exact) mass is 357 g/mol. The van der Waals surface area contributed by atoms with Crippen molar-refractivity contribution < 1.29 is 14.4 Å². The summed E-state index contributed by atoms with van der Waals surface area (Å²) in [5.74, 6) is -0.696. The normalized spacial score (nSPS) is 20.4. The largest absolute Gasteiger partial charge is 0.368 e. The molecule has 140 valence electrons. The van der Waals surface area contributed by atoms with Gasteiger partial charge in [-0.1, -0.05) is 37.5 Å². The highest BCUT2D eigenvalue weighted by molar-refractivity contribution is 5.94. The fourth-order valence-electron chi connectivity index (χ4n) is 4.03. The first-order chi connectivity index (χ1) is 12.5. The van der Waals surface area contributed by atoms with Gasteiger partial charge in [0.05, 0.1) is 0 Å². The molecule has 1 aromatic rings. The van der Waals surface area contributed by atoms with Gasteiger partial charge in [0.1, 0.15) is 5.54 Å². The van der Waals surface area contributed by atoms with E-state index >= 15 is 0 Å². The van der Waals surface area contributed by atoms with Crippen molar-refractivity contribution in [3.8, 4) is 0 Å². The Bertz CT molecular complexity index is 660. The number of amides is 3. The predicted octanol–water partition coefficient (Wildman–Crippen LogP) is 1.84. The molecule has 1 aliphatic heterocycles. The van der Waals surface area contributed by atoms with E-state index in [1.807, 2.05) is 18.2 Å². The number of primary amides is 1. The fourth-order valence-corrected chi connectivity index (χ4v) is 4.03. The van der Waals surface area contributed by atoms with Gasteiger partial charge in [0, 0.05) is 24.6 Å². The molecule has 0 bridgehead atoms. The van der Waals surface area contributed by atoms with Gasteiger partial charge in [-0.15, -0.1) is 0 Å². The standard InChI is InChI=1S/C20H27N3O3/c21-19(26)20(11-5-2-6-12-20)22-17(24)15-9-13-23(14-10-15)18(25)16-7-3-1-4-8-16/h1,3-4,7-8,15H,2,5-6,9-14H2,(H2,21,26)(H,22,24). The molecule has 0 unspecified atom stereocenters. The predicted molar refractivity (Wildman–Crippen MR) is 98.2 cm³/mol. The molecule has 6 nitrogen and oxygen atoms in total. The highest BCUT2D eigenvalue weighted by Crippen LogP contribution is 2.29. The Labute approximate surface area is 154 Å². The molecule has 1 aromatic carbocycles. The summed E-state index contributed by atoms with van der Waals surface area (Å²) < 4.78 is 0. The van der Waals surface area contributed by atoms with Crippen LogP contribution >= 0.6 is 0 Å². The van der Waals surface area contributed by atoms with Crippen molar-refractivity contribution in [3.63, 3.8) is 0 Å². The summed E-state index contributed by atoms with van der Waals surface area (Å²) in [5, 5.41) is 2.96. The van der Waals surface area contributed by atoms with Crippen LogP contribution in [0.5, 0.6) is 0 Å². The van der Waals surface area contributed by atoms with E-state index in [4.69, 9.17) is 5.73 Å². The van der Waals surface area contributed by atoms with E-state index in [1.54, 1.807) is 17.0 Å². The van der Waals surface area contributed by atoms with Gasteiger partial charge in [-0.05, 0) is 37.8 Å². The lowest BCUT2D eigenvalue weighted by atomic mass is 9.80. The number of rotatable bonds is 4. The van der Waals surface area contributed by atoms with Gasteiger partial charge in [-0.25, -0.2) is 0 Å². The molecule has 1 saturated carbocycles. The summed E-state index contributed by atoms with van der Waals surface area (Å²) in [4.78, 5) is 38.9. The van der Waals surface area contributed by atoms with Gasteiger partial charge in [0.25, 0.3) is 5.91 Å². The van der Waals surface area contributed by atoms with E-state index in [0.29, 0.717) is 44.3 Å². The summed E-state index contributed by atoms with van der Waals surface area (Å²) >= 11 is 0. The SMILES string of the molecule is NC(=O)C1(NC(=O)C2CCN(C(=O)c3ccccc3)CC2)CCCCC1. The summed E-state index contributed by atoms with van der Waals surface area (Å²) in [6.45, 7) is 1.10. The Kier molecular flexibility index (Phi) is 5.59. The maximum atomic E-state index is 12.7. The van der Waals surface area contributed by atoms with Crippen molar-refractivity contribution in [2.75, 3.05) is 13.1 Å². The average Bonchev–Trinajstić information content (AvgIpc) is 2.69. The van der Waals surface area contributed by atoms with Crippen molar-refractivity contribution in [3.05, 3.63) is 35.9 Å². The van der Waals surface area contributed by atoms with Crippen molar-refractivity contribution in [1.82, 2.24) is 10.2 Å². The molecule has 1 heterocycles. The van der Waals surface area contributed by atoms with Crippen LogP contribution in [0.4, 0.5) is 0 Å². The minimum Gasteiger partial charge on any atom is -0.368 e. The lowest BCUT2D eigenvalue weighted by Crippen LogP contribution is -2.60. The molecule has 2 fully saturated rings. The lowest BCUT2D eigenvalue weighted by Gasteiger charge is -2.38. The summed E-state index contributed by atoms with van der Waals surface area (Å²) in [6.07, 6.45) is 5.36. The van der Waals surface area contributed by atoms with Crippen LogP contribution in [0, 0.1) is 5.92 Å². The van der Waals surface area contributed by atoms with Crippen LogP contribution < -0.4 is 11.1 Å². The molecule has 0 radical (unpaired) electrons. The van der Waals surface area contributed by atoms with Crippen LogP contribution in [0.25, 0.3) is 0 Å². The van der Waals surface area contributed by atoms with Gasteiger partial charge in [0.15, 0.2) is 0 Å². The first kappa shape index (κ1) is 18.4. The van der Waals surface area contributed by atoms with Crippen molar-refractivity contribution in [2.45, 2.75) is 50.5 Å². The van der Waals surface area contributed by atoms with Gasteiger partial charge >= 0.3 is 0 Å². The minimum atomic E-state index is -0.883. The Morgan fingerprint density at radius 3 is 2.19 bits per heavy atom. The zero-order valence-corrected chi connectivity index (χ0v) is 15.1. The second-order valence-corrected chi connectivity index (χ2v) is 7.43. The maximum absolute atomic E-state index is 12.7.